The maximum Gasteiger partial charge on any atom is 0.164 e. The Labute approximate surface area is 306 Å². The molecule has 0 saturated carbocycles. The zero-order valence-corrected chi connectivity index (χ0v) is 28.9. The summed E-state index contributed by atoms with van der Waals surface area (Å²) in [5.41, 5.74) is 11.8. The Kier molecular flexibility index (Phi) is 7.25. The average Bonchev–Trinajstić information content (AvgIpc) is 3.81. The van der Waals surface area contributed by atoms with Crippen LogP contribution in [-0.4, -0.2) is 29.3 Å². The molecule has 53 heavy (non-hydrogen) atoms. The van der Waals surface area contributed by atoms with Gasteiger partial charge in [-0.1, -0.05) is 127 Å². The van der Waals surface area contributed by atoms with Gasteiger partial charge in [0.05, 0.1) is 28.4 Å². The minimum atomic E-state index is 0.636. The first-order valence-electron chi connectivity index (χ1n) is 17.7. The molecule has 0 atom stereocenters. The minimum Gasteiger partial charge on any atom is -0.309 e. The monoisotopic (exact) mass is 680 g/mol. The highest BCUT2D eigenvalue weighted by Crippen LogP contribution is 2.38. The fraction of sp³-hybridized carbons (Fsp3) is 0.0213. The summed E-state index contributed by atoms with van der Waals surface area (Å²) in [6, 6.07) is 58.9. The molecule has 3 heterocycles. The summed E-state index contributed by atoms with van der Waals surface area (Å²) >= 11 is 0. The van der Waals surface area contributed by atoms with Gasteiger partial charge >= 0.3 is 0 Å². The topological polar surface area (TPSA) is 61.4 Å². The first kappa shape index (κ1) is 30.6. The fourth-order valence-electron chi connectivity index (χ4n) is 7.40. The van der Waals surface area contributed by atoms with Gasteiger partial charge in [-0.2, -0.15) is 5.10 Å². The van der Waals surface area contributed by atoms with Crippen molar-refractivity contribution in [2.24, 2.45) is 0 Å². The number of rotatable bonds is 6. The van der Waals surface area contributed by atoms with Crippen LogP contribution in [0.1, 0.15) is 5.56 Å². The maximum absolute atomic E-state index is 4.96. The van der Waals surface area contributed by atoms with Crippen molar-refractivity contribution < 1.29 is 0 Å². The lowest BCUT2D eigenvalue weighted by Crippen LogP contribution is -2.00. The number of fused-ring (bicyclic) bond motifs is 5. The van der Waals surface area contributed by atoms with Crippen LogP contribution in [0.5, 0.6) is 0 Å². The molecule has 0 N–H and O–H groups in total. The Balaban J connectivity index is 1.07. The van der Waals surface area contributed by atoms with E-state index < -0.39 is 0 Å². The average molecular weight is 681 g/mol. The smallest absolute Gasteiger partial charge is 0.164 e. The van der Waals surface area contributed by atoms with Crippen molar-refractivity contribution in [3.8, 4) is 56.7 Å². The van der Waals surface area contributed by atoms with Gasteiger partial charge in [0.2, 0.25) is 0 Å². The Hall–Kier alpha value is -7.18. The van der Waals surface area contributed by atoms with Gasteiger partial charge in [-0.3, -0.25) is 0 Å². The third kappa shape index (κ3) is 5.27. The van der Waals surface area contributed by atoms with Gasteiger partial charge in [0, 0.05) is 38.5 Å². The van der Waals surface area contributed by atoms with Crippen molar-refractivity contribution in [1.29, 1.82) is 0 Å². The number of aryl methyl sites for hydroxylation is 1. The molecule has 250 valence electrons. The lowest BCUT2D eigenvalue weighted by Gasteiger charge is -2.12. The summed E-state index contributed by atoms with van der Waals surface area (Å²) in [6.45, 7) is 2.13. The summed E-state index contributed by atoms with van der Waals surface area (Å²) in [6.07, 6.45) is 2.01. The second kappa shape index (κ2) is 12.5. The summed E-state index contributed by atoms with van der Waals surface area (Å²) < 4.78 is 4.43. The van der Waals surface area contributed by atoms with Crippen LogP contribution in [0.4, 0.5) is 0 Å². The lowest BCUT2D eigenvalue weighted by molar-refractivity contribution is 0.902. The molecule has 6 nitrogen and oxygen atoms in total. The van der Waals surface area contributed by atoms with Gasteiger partial charge in [0.1, 0.15) is 0 Å². The Bertz CT molecular complexity index is 2880. The van der Waals surface area contributed by atoms with Gasteiger partial charge < -0.3 is 4.57 Å². The minimum absolute atomic E-state index is 0.636. The van der Waals surface area contributed by atoms with Crippen LogP contribution in [0.25, 0.3) is 89.4 Å². The largest absolute Gasteiger partial charge is 0.309 e. The number of aromatic nitrogens is 6. The van der Waals surface area contributed by atoms with Crippen molar-refractivity contribution in [2.45, 2.75) is 6.92 Å². The molecule has 0 unspecified atom stereocenters. The highest BCUT2D eigenvalue weighted by molar-refractivity contribution is 6.18. The van der Waals surface area contributed by atoms with Gasteiger partial charge in [0.25, 0.3) is 0 Å². The van der Waals surface area contributed by atoms with Crippen LogP contribution < -0.4 is 0 Å². The number of benzene rings is 7. The molecule has 0 aliphatic heterocycles. The van der Waals surface area contributed by atoms with Crippen LogP contribution in [0.2, 0.25) is 0 Å². The molecule has 6 heteroatoms. The van der Waals surface area contributed by atoms with Gasteiger partial charge in [-0.15, -0.1) is 0 Å². The SMILES string of the molecule is Cc1ccccc1-n1ncc2c1ccc1c3ccccc3n(-c3ccc(-c4cccc(-c5nc(-c6ccccc6)nc(-c6ccccc6)n5)c4)cc3)c12. The molecule has 0 aliphatic carbocycles. The molecule has 0 radical (unpaired) electrons. The van der Waals surface area contributed by atoms with Crippen LogP contribution >= 0.6 is 0 Å². The van der Waals surface area contributed by atoms with E-state index in [0.29, 0.717) is 17.5 Å². The van der Waals surface area contributed by atoms with Crippen molar-refractivity contribution in [2.75, 3.05) is 0 Å². The third-order valence-corrected chi connectivity index (χ3v) is 10.0. The van der Waals surface area contributed by atoms with Crippen molar-refractivity contribution in [3.63, 3.8) is 0 Å². The van der Waals surface area contributed by atoms with E-state index >= 15 is 0 Å². The van der Waals surface area contributed by atoms with Gasteiger partial charge in [-0.05, 0) is 66.1 Å². The van der Waals surface area contributed by atoms with Crippen LogP contribution in [0.3, 0.4) is 0 Å². The first-order valence-corrected chi connectivity index (χ1v) is 17.7. The number of para-hydroxylation sites is 2. The number of nitrogens with zero attached hydrogens (tertiary/aromatic N) is 6. The van der Waals surface area contributed by atoms with E-state index in [0.717, 1.165) is 61.1 Å². The molecule has 0 amide bonds. The van der Waals surface area contributed by atoms with Crippen LogP contribution in [0.15, 0.2) is 176 Å². The lowest BCUT2D eigenvalue weighted by atomic mass is 10.0. The van der Waals surface area contributed by atoms with E-state index in [1.54, 1.807) is 0 Å². The maximum atomic E-state index is 4.96. The predicted molar refractivity (Wildman–Crippen MR) is 215 cm³/mol. The van der Waals surface area contributed by atoms with E-state index in [1.807, 2.05) is 66.9 Å². The van der Waals surface area contributed by atoms with E-state index in [1.165, 1.54) is 16.3 Å². The zero-order valence-electron chi connectivity index (χ0n) is 28.9. The van der Waals surface area contributed by atoms with Gasteiger partial charge in [-0.25, -0.2) is 19.6 Å². The molecule has 0 bridgehead atoms. The molecule has 0 fully saturated rings. The van der Waals surface area contributed by atoms with Gasteiger partial charge in [0.15, 0.2) is 17.5 Å². The van der Waals surface area contributed by atoms with Crippen LogP contribution in [0, 0.1) is 6.92 Å². The molecular weight excluding hydrogens is 649 g/mol. The van der Waals surface area contributed by atoms with Crippen molar-refractivity contribution >= 4 is 32.7 Å². The molecule has 10 aromatic rings. The summed E-state index contributed by atoms with van der Waals surface area (Å²) in [4.78, 5) is 14.8. The predicted octanol–water partition coefficient (Wildman–Crippen LogP) is 11.3. The van der Waals surface area contributed by atoms with E-state index in [9.17, 15) is 0 Å². The highest BCUT2D eigenvalue weighted by Gasteiger charge is 2.18. The normalized spacial score (nSPS) is 11.5. The zero-order chi connectivity index (χ0) is 35.3. The van der Waals surface area contributed by atoms with Crippen molar-refractivity contribution in [1.82, 2.24) is 29.3 Å². The first-order chi connectivity index (χ1) is 26.2. The second-order valence-electron chi connectivity index (χ2n) is 13.3. The second-order valence-corrected chi connectivity index (χ2v) is 13.3. The highest BCUT2D eigenvalue weighted by atomic mass is 15.3. The Morgan fingerprint density at radius 1 is 0.415 bits per heavy atom. The third-order valence-electron chi connectivity index (χ3n) is 10.0. The Morgan fingerprint density at radius 3 is 1.74 bits per heavy atom. The standard InChI is InChI=1S/C47H32N6/c1-31-13-8-10-21-41(31)53-43-28-27-39-38-20-9-11-22-42(38)52(44(39)40(43)30-48-53)37-25-23-32(24-26-37)35-18-12-19-36(29-35)47-50-45(33-14-4-2-5-15-33)49-46(51-47)34-16-6-3-7-17-34/h2-30H,1H3. The molecular formula is C47H32N6. The molecule has 10 rings (SSSR count). The molecule has 0 spiro atoms. The van der Waals surface area contributed by atoms with E-state index in [2.05, 4.69) is 125 Å². The van der Waals surface area contributed by atoms with Crippen LogP contribution in [-0.2, 0) is 0 Å². The molecule has 7 aromatic carbocycles. The molecule has 0 aliphatic rings. The Morgan fingerprint density at radius 2 is 1.02 bits per heavy atom. The molecule has 0 saturated heterocycles. The molecule has 3 aromatic heterocycles. The van der Waals surface area contributed by atoms with Crippen molar-refractivity contribution in [3.05, 3.63) is 182 Å². The summed E-state index contributed by atoms with van der Waals surface area (Å²) in [5, 5.41) is 8.43. The summed E-state index contributed by atoms with van der Waals surface area (Å²) in [7, 11) is 0. The van der Waals surface area contributed by atoms with E-state index in [4.69, 9.17) is 20.1 Å². The summed E-state index contributed by atoms with van der Waals surface area (Å²) in [5.74, 6) is 1.93. The number of hydrogen-bond donors (Lipinski definition) is 0. The fourth-order valence-corrected chi connectivity index (χ4v) is 7.40. The number of hydrogen-bond acceptors (Lipinski definition) is 4. The van der Waals surface area contributed by atoms with E-state index in [-0.39, 0.29) is 0 Å². The quantitative estimate of drug-likeness (QED) is 0.175.